The lowest BCUT2D eigenvalue weighted by molar-refractivity contribution is 0.254. The molecule has 2 nitrogen and oxygen atoms in total. The molecule has 0 radical (unpaired) electrons. The normalized spacial score (nSPS) is 12.5. The van der Waals surface area contributed by atoms with E-state index in [0.717, 1.165) is 25.4 Å². The molecule has 1 unspecified atom stereocenters. The van der Waals surface area contributed by atoms with Crippen molar-refractivity contribution >= 4 is 0 Å². The van der Waals surface area contributed by atoms with E-state index in [4.69, 9.17) is 4.74 Å². The van der Waals surface area contributed by atoms with Gasteiger partial charge in [-0.2, -0.15) is 0 Å². The zero-order valence-electron chi connectivity index (χ0n) is 11.5. The van der Waals surface area contributed by atoms with Crippen molar-refractivity contribution in [1.29, 1.82) is 0 Å². The first-order valence-corrected chi connectivity index (χ1v) is 6.54. The van der Waals surface area contributed by atoms with E-state index in [1.54, 1.807) is 0 Å². The summed E-state index contributed by atoms with van der Waals surface area (Å²) >= 11 is 0. The van der Waals surface area contributed by atoms with Crippen LogP contribution in [0.2, 0.25) is 0 Å². The zero-order valence-corrected chi connectivity index (χ0v) is 11.5. The van der Waals surface area contributed by atoms with E-state index in [9.17, 15) is 0 Å². The standard InChI is InChI=1S/C15H25NO/c1-5-9-16-10-12(2)11-17-15-8-6-7-13(3)14(15)4/h6-8,12,16H,5,9-11H2,1-4H3. The first-order valence-electron chi connectivity index (χ1n) is 6.54. The molecule has 0 saturated heterocycles. The minimum atomic E-state index is 0.543. The number of aryl methyl sites for hydroxylation is 1. The summed E-state index contributed by atoms with van der Waals surface area (Å²) in [6, 6.07) is 6.22. The van der Waals surface area contributed by atoms with Crippen LogP contribution >= 0.6 is 0 Å². The summed E-state index contributed by atoms with van der Waals surface area (Å²) in [5.74, 6) is 1.56. The van der Waals surface area contributed by atoms with Crippen LogP contribution in [-0.4, -0.2) is 19.7 Å². The van der Waals surface area contributed by atoms with E-state index in [1.807, 2.05) is 0 Å². The van der Waals surface area contributed by atoms with Crippen LogP contribution in [0.3, 0.4) is 0 Å². The summed E-state index contributed by atoms with van der Waals surface area (Å²) in [7, 11) is 0. The molecule has 0 aromatic heterocycles. The van der Waals surface area contributed by atoms with Gasteiger partial charge in [0.2, 0.25) is 0 Å². The second-order valence-electron chi connectivity index (χ2n) is 4.82. The number of hydrogen-bond acceptors (Lipinski definition) is 2. The van der Waals surface area contributed by atoms with Crippen molar-refractivity contribution in [3.05, 3.63) is 29.3 Å². The van der Waals surface area contributed by atoms with E-state index in [-0.39, 0.29) is 0 Å². The second-order valence-corrected chi connectivity index (χ2v) is 4.82. The molecule has 0 saturated carbocycles. The first-order chi connectivity index (χ1) is 8.15. The highest BCUT2D eigenvalue weighted by Crippen LogP contribution is 2.20. The molecule has 0 bridgehead atoms. The summed E-state index contributed by atoms with van der Waals surface area (Å²) in [5, 5.41) is 3.42. The molecule has 0 aliphatic heterocycles. The van der Waals surface area contributed by atoms with Crippen LogP contribution in [0.15, 0.2) is 18.2 Å². The van der Waals surface area contributed by atoms with E-state index in [0.29, 0.717) is 5.92 Å². The fraction of sp³-hybridized carbons (Fsp3) is 0.600. The van der Waals surface area contributed by atoms with E-state index >= 15 is 0 Å². The molecule has 0 aliphatic carbocycles. The van der Waals surface area contributed by atoms with Crippen molar-refractivity contribution in [3.8, 4) is 5.75 Å². The lowest BCUT2D eigenvalue weighted by Gasteiger charge is -2.15. The lowest BCUT2D eigenvalue weighted by atomic mass is 10.1. The Morgan fingerprint density at radius 3 is 2.76 bits per heavy atom. The zero-order chi connectivity index (χ0) is 12.7. The summed E-state index contributed by atoms with van der Waals surface area (Å²) < 4.78 is 5.87. The molecular formula is C15H25NO. The fourth-order valence-electron chi connectivity index (χ4n) is 1.70. The number of rotatable bonds is 7. The third kappa shape index (κ3) is 4.78. The van der Waals surface area contributed by atoms with Crippen LogP contribution in [0, 0.1) is 19.8 Å². The van der Waals surface area contributed by atoms with Gasteiger partial charge in [0.25, 0.3) is 0 Å². The molecule has 1 atom stereocenters. The van der Waals surface area contributed by atoms with Gasteiger partial charge >= 0.3 is 0 Å². The summed E-state index contributed by atoms with van der Waals surface area (Å²) in [6.07, 6.45) is 1.19. The molecule has 2 heteroatoms. The van der Waals surface area contributed by atoms with Crippen molar-refractivity contribution in [1.82, 2.24) is 5.32 Å². The van der Waals surface area contributed by atoms with Gasteiger partial charge in [-0.3, -0.25) is 0 Å². The van der Waals surface area contributed by atoms with Crippen LogP contribution in [-0.2, 0) is 0 Å². The SMILES string of the molecule is CCCNCC(C)COc1cccc(C)c1C. The third-order valence-corrected chi connectivity index (χ3v) is 3.00. The monoisotopic (exact) mass is 235 g/mol. The predicted molar refractivity (Wildman–Crippen MR) is 73.7 cm³/mol. The molecule has 0 heterocycles. The molecule has 17 heavy (non-hydrogen) atoms. The van der Waals surface area contributed by atoms with Crippen LogP contribution in [0.5, 0.6) is 5.75 Å². The van der Waals surface area contributed by atoms with Crippen LogP contribution in [0.4, 0.5) is 0 Å². The Kier molecular flexibility index (Phi) is 6.06. The quantitative estimate of drug-likeness (QED) is 0.732. The van der Waals surface area contributed by atoms with Crippen molar-refractivity contribution < 1.29 is 4.74 Å². The summed E-state index contributed by atoms with van der Waals surface area (Å²) in [5.41, 5.74) is 2.54. The average molecular weight is 235 g/mol. The fourth-order valence-corrected chi connectivity index (χ4v) is 1.70. The van der Waals surface area contributed by atoms with Crippen LogP contribution in [0.25, 0.3) is 0 Å². The van der Waals surface area contributed by atoms with Gasteiger partial charge in [-0.15, -0.1) is 0 Å². The molecule has 96 valence electrons. The molecule has 1 rings (SSSR count). The van der Waals surface area contributed by atoms with Gasteiger partial charge in [0.1, 0.15) is 5.75 Å². The minimum absolute atomic E-state index is 0.543. The molecular weight excluding hydrogens is 210 g/mol. The Morgan fingerprint density at radius 2 is 2.06 bits per heavy atom. The lowest BCUT2D eigenvalue weighted by Crippen LogP contribution is -2.25. The van der Waals surface area contributed by atoms with Gasteiger partial charge in [0, 0.05) is 12.5 Å². The van der Waals surface area contributed by atoms with Gasteiger partial charge in [0.05, 0.1) is 6.61 Å². The van der Waals surface area contributed by atoms with Gasteiger partial charge in [-0.1, -0.05) is 26.0 Å². The highest BCUT2D eigenvalue weighted by molar-refractivity contribution is 5.38. The number of hydrogen-bond donors (Lipinski definition) is 1. The Balaban J connectivity index is 2.37. The van der Waals surface area contributed by atoms with Gasteiger partial charge in [-0.25, -0.2) is 0 Å². The van der Waals surface area contributed by atoms with Crippen molar-refractivity contribution in [2.75, 3.05) is 19.7 Å². The van der Waals surface area contributed by atoms with Crippen molar-refractivity contribution in [3.63, 3.8) is 0 Å². The Morgan fingerprint density at radius 1 is 1.29 bits per heavy atom. The first kappa shape index (κ1) is 14.0. The smallest absolute Gasteiger partial charge is 0.122 e. The molecule has 1 N–H and O–H groups in total. The molecule has 1 aromatic rings. The Bertz CT molecular complexity index is 336. The highest BCUT2D eigenvalue weighted by atomic mass is 16.5. The largest absolute Gasteiger partial charge is 0.493 e. The predicted octanol–water partition coefficient (Wildman–Crippen LogP) is 3.32. The molecule has 1 aromatic carbocycles. The maximum Gasteiger partial charge on any atom is 0.122 e. The van der Waals surface area contributed by atoms with Crippen molar-refractivity contribution in [2.24, 2.45) is 5.92 Å². The highest BCUT2D eigenvalue weighted by Gasteiger charge is 2.05. The summed E-state index contributed by atoms with van der Waals surface area (Å²) in [4.78, 5) is 0. The third-order valence-electron chi connectivity index (χ3n) is 3.00. The van der Waals surface area contributed by atoms with Crippen molar-refractivity contribution in [2.45, 2.75) is 34.1 Å². The molecule has 0 aliphatic rings. The van der Waals surface area contributed by atoms with E-state index in [2.05, 4.69) is 51.2 Å². The topological polar surface area (TPSA) is 21.3 Å². The van der Waals surface area contributed by atoms with Crippen LogP contribution < -0.4 is 10.1 Å². The van der Waals surface area contributed by atoms with Crippen LogP contribution in [0.1, 0.15) is 31.4 Å². The van der Waals surface area contributed by atoms with E-state index in [1.165, 1.54) is 17.5 Å². The minimum Gasteiger partial charge on any atom is -0.493 e. The second kappa shape index (κ2) is 7.33. The molecule has 0 spiro atoms. The molecule has 0 amide bonds. The average Bonchev–Trinajstić information content (AvgIpc) is 2.31. The number of ether oxygens (including phenoxy) is 1. The van der Waals surface area contributed by atoms with Gasteiger partial charge < -0.3 is 10.1 Å². The molecule has 0 fully saturated rings. The summed E-state index contributed by atoms with van der Waals surface area (Å²) in [6.45, 7) is 11.5. The number of benzene rings is 1. The maximum atomic E-state index is 5.87. The Hall–Kier alpha value is -1.02. The number of nitrogens with one attached hydrogen (secondary N) is 1. The maximum absolute atomic E-state index is 5.87. The Labute approximate surface area is 105 Å². The van der Waals surface area contributed by atoms with E-state index < -0.39 is 0 Å². The van der Waals surface area contributed by atoms with Gasteiger partial charge in [-0.05, 0) is 44.0 Å². The van der Waals surface area contributed by atoms with Gasteiger partial charge in [0.15, 0.2) is 0 Å².